The average molecular weight is 395 g/mol. The average Bonchev–Trinajstić information content (AvgIpc) is 2.74. The Morgan fingerprint density at radius 1 is 1.07 bits per heavy atom. The number of amides is 2. The molecule has 0 bridgehead atoms. The van der Waals surface area contributed by atoms with Crippen molar-refractivity contribution in [2.24, 2.45) is 0 Å². The SMILES string of the molecule is CCCC(=O)N1CCO[C@](Cc2ccccc2-c2ccccc2)(C(=O)N(C)C)C1. The number of carbonyl (C=O) groups excluding carboxylic acids is 2. The molecular formula is C24H30N2O3. The lowest BCUT2D eigenvalue weighted by molar-refractivity contribution is -0.172. The standard InChI is InChI=1S/C24H30N2O3/c1-4-10-22(27)26-15-16-29-24(18-26,23(28)25(2)3)17-20-13-8-9-14-21(20)19-11-6-5-7-12-19/h5-9,11-14H,4,10,15-18H2,1-3H3/t24-/m0/s1. The first kappa shape index (κ1) is 21.1. The van der Waals surface area contributed by atoms with Crippen LogP contribution in [0.15, 0.2) is 54.6 Å². The lowest BCUT2D eigenvalue weighted by Crippen LogP contribution is -2.61. The van der Waals surface area contributed by atoms with Crippen LogP contribution < -0.4 is 0 Å². The summed E-state index contributed by atoms with van der Waals surface area (Å²) in [7, 11) is 3.48. The highest BCUT2D eigenvalue weighted by Gasteiger charge is 2.46. The van der Waals surface area contributed by atoms with Gasteiger partial charge in [-0.3, -0.25) is 9.59 Å². The fourth-order valence-electron chi connectivity index (χ4n) is 3.97. The Morgan fingerprint density at radius 3 is 2.45 bits per heavy atom. The normalized spacial score (nSPS) is 19.1. The molecule has 2 amide bonds. The highest BCUT2D eigenvalue weighted by molar-refractivity contribution is 5.87. The topological polar surface area (TPSA) is 49.9 Å². The lowest BCUT2D eigenvalue weighted by atomic mass is 9.87. The van der Waals surface area contributed by atoms with Gasteiger partial charge in [0.15, 0.2) is 5.60 Å². The third-order valence-electron chi connectivity index (χ3n) is 5.38. The molecule has 1 fully saturated rings. The Kier molecular flexibility index (Phi) is 6.70. The van der Waals surface area contributed by atoms with Crippen LogP contribution in [0.4, 0.5) is 0 Å². The molecule has 1 saturated heterocycles. The van der Waals surface area contributed by atoms with E-state index in [1.807, 2.05) is 43.3 Å². The van der Waals surface area contributed by atoms with Crippen LogP contribution >= 0.6 is 0 Å². The molecule has 0 radical (unpaired) electrons. The Labute approximate surface area is 173 Å². The zero-order valence-electron chi connectivity index (χ0n) is 17.6. The van der Waals surface area contributed by atoms with Crippen molar-refractivity contribution in [1.82, 2.24) is 9.80 Å². The Morgan fingerprint density at radius 2 is 1.76 bits per heavy atom. The molecular weight excluding hydrogens is 364 g/mol. The molecule has 3 rings (SSSR count). The number of likely N-dealkylation sites (N-methyl/N-ethyl adjacent to an activating group) is 1. The highest BCUT2D eigenvalue weighted by atomic mass is 16.5. The molecule has 154 valence electrons. The smallest absolute Gasteiger partial charge is 0.256 e. The van der Waals surface area contributed by atoms with E-state index in [0.29, 0.717) is 26.0 Å². The Hall–Kier alpha value is -2.66. The predicted octanol–water partition coefficient (Wildman–Crippen LogP) is 3.38. The molecule has 1 heterocycles. The fraction of sp³-hybridized carbons (Fsp3) is 0.417. The van der Waals surface area contributed by atoms with Crippen molar-refractivity contribution in [1.29, 1.82) is 0 Å². The van der Waals surface area contributed by atoms with Gasteiger partial charge in [0.2, 0.25) is 5.91 Å². The molecule has 1 atom stereocenters. The van der Waals surface area contributed by atoms with Gasteiger partial charge in [0.05, 0.1) is 13.2 Å². The Balaban J connectivity index is 1.98. The summed E-state index contributed by atoms with van der Waals surface area (Å²) in [6.45, 7) is 3.17. The third-order valence-corrected chi connectivity index (χ3v) is 5.38. The summed E-state index contributed by atoms with van der Waals surface area (Å²) in [6.07, 6.45) is 1.71. The summed E-state index contributed by atoms with van der Waals surface area (Å²) in [6, 6.07) is 18.2. The number of hydrogen-bond acceptors (Lipinski definition) is 3. The number of ether oxygens (including phenoxy) is 1. The number of nitrogens with zero attached hydrogens (tertiary/aromatic N) is 2. The number of hydrogen-bond donors (Lipinski definition) is 0. The van der Waals surface area contributed by atoms with Crippen molar-refractivity contribution in [2.45, 2.75) is 31.8 Å². The largest absolute Gasteiger partial charge is 0.361 e. The van der Waals surface area contributed by atoms with Gasteiger partial charge in [-0.15, -0.1) is 0 Å². The monoisotopic (exact) mass is 394 g/mol. The van der Waals surface area contributed by atoms with Crippen LogP contribution in [-0.4, -0.2) is 61.0 Å². The van der Waals surface area contributed by atoms with Crippen LogP contribution in [0, 0.1) is 0 Å². The molecule has 29 heavy (non-hydrogen) atoms. The lowest BCUT2D eigenvalue weighted by Gasteiger charge is -2.43. The summed E-state index contributed by atoms with van der Waals surface area (Å²) < 4.78 is 6.16. The van der Waals surface area contributed by atoms with Crippen LogP contribution in [0.3, 0.4) is 0 Å². The first-order valence-electron chi connectivity index (χ1n) is 10.2. The minimum atomic E-state index is -1.07. The third kappa shape index (κ3) is 4.67. The maximum Gasteiger partial charge on any atom is 0.256 e. The van der Waals surface area contributed by atoms with E-state index < -0.39 is 5.60 Å². The molecule has 2 aromatic carbocycles. The van der Waals surface area contributed by atoms with E-state index in [0.717, 1.165) is 23.1 Å². The minimum Gasteiger partial charge on any atom is -0.361 e. The first-order chi connectivity index (χ1) is 14.0. The summed E-state index contributed by atoms with van der Waals surface area (Å²) in [5, 5.41) is 0. The predicted molar refractivity (Wildman–Crippen MR) is 114 cm³/mol. The van der Waals surface area contributed by atoms with Crippen molar-refractivity contribution in [3.8, 4) is 11.1 Å². The summed E-state index contributed by atoms with van der Waals surface area (Å²) in [4.78, 5) is 29.2. The number of carbonyl (C=O) groups is 2. The van der Waals surface area contributed by atoms with Crippen LogP contribution in [0.1, 0.15) is 25.3 Å². The molecule has 1 aliphatic rings. The van der Waals surface area contributed by atoms with Crippen molar-refractivity contribution in [2.75, 3.05) is 33.8 Å². The quantitative estimate of drug-likeness (QED) is 0.755. The summed E-state index contributed by atoms with van der Waals surface area (Å²) in [5.74, 6) is -0.0163. The van der Waals surface area contributed by atoms with Gasteiger partial charge in [-0.05, 0) is 23.1 Å². The van der Waals surface area contributed by atoms with Crippen molar-refractivity contribution < 1.29 is 14.3 Å². The first-order valence-corrected chi connectivity index (χ1v) is 10.2. The van der Waals surface area contributed by atoms with E-state index in [1.54, 1.807) is 23.9 Å². The Bertz CT molecular complexity index is 850. The van der Waals surface area contributed by atoms with Crippen molar-refractivity contribution in [3.63, 3.8) is 0 Å². The van der Waals surface area contributed by atoms with Crippen molar-refractivity contribution in [3.05, 3.63) is 60.2 Å². The van der Waals surface area contributed by atoms with E-state index in [1.165, 1.54) is 0 Å². The van der Waals surface area contributed by atoms with Crippen LogP contribution in [-0.2, 0) is 20.7 Å². The summed E-state index contributed by atoms with van der Waals surface area (Å²) in [5.41, 5.74) is 2.15. The molecule has 0 aromatic heterocycles. The minimum absolute atomic E-state index is 0.0862. The van der Waals surface area contributed by atoms with Crippen LogP contribution in [0.25, 0.3) is 11.1 Å². The molecule has 5 heteroatoms. The maximum atomic E-state index is 13.3. The van der Waals surface area contributed by atoms with E-state index in [-0.39, 0.29) is 18.4 Å². The molecule has 0 saturated carbocycles. The molecule has 1 aliphatic heterocycles. The van der Waals surface area contributed by atoms with Crippen molar-refractivity contribution >= 4 is 11.8 Å². The van der Waals surface area contributed by atoms with Gasteiger partial charge in [-0.2, -0.15) is 0 Å². The van der Waals surface area contributed by atoms with Gasteiger partial charge >= 0.3 is 0 Å². The molecule has 0 aliphatic carbocycles. The highest BCUT2D eigenvalue weighted by Crippen LogP contribution is 2.31. The molecule has 2 aromatic rings. The van der Waals surface area contributed by atoms with Gasteiger partial charge in [0.1, 0.15) is 0 Å². The van der Waals surface area contributed by atoms with Gasteiger partial charge in [0, 0.05) is 33.5 Å². The molecule has 0 spiro atoms. The van der Waals surface area contributed by atoms with E-state index in [4.69, 9.17) is 4.74 Å². The second kappa shape index (κ2) is 9.23. The van der Waals surface area contributed by atoms with Gasteiger partial charge in [-0.1, -0.05) is 61.5 Å². The maximum absolute atomic E-state index is 13.3. The number of morpholine rings is 1. The van der Waals surface area contributed by atoms with Crippen LogP contribution in [0.5, 0.6) is 0 Å². The van der Waals surface area contributed by atoms with Gasteiger partial charge < -0.3 is 14.5 Å². The van der Waals surface area contributed by atoms with E-state index >= 15 is 0 Å². The zero-order valence-corrected chi connectivity index (χ0v) is 17.6. The molecule has 0 N–H and O–H groups in total. The van der Waals surface area contributed by atoms with Gasteiger partial charge in [0.25, 0.3) is 5.91 Å². The number of benzene rings is 2. The van der Waals surface area contributed by atoms with Gasteiger partial charge in [-0.25, -0.2) is 0 Å². The van der Waals surface area contributed by atoms with E-state index in [2.05, 4.69) is 18.2 Å². The van der Waals surface area contributed by atoms with Crippen LogP contribution in [0.2, 0.25) is 0 Å². The number of rotatable bonds is 6. The molecule has 0 unspecified atom stereocenters. The zero-order chi connectivity index (χ0) is 20.9. The fourth-order valence-corrected chi connectivity index (χ4v) is 3.97. The van der Waals surface area contributed by atoms with E-state index in [9.17, 15) is 9.59 Å². The summed E-state index contributed by atoms with van der Waals surface area (Å²) >= 11 is 0. The molecule has 5 nitrogen and oxygen atoms in total. The second-order valence-corrected chi connectivity index (χ2v) is 7.81. The second-order valence-electron chi connectivity index (χ2n) is 7.81.